The van der Waals surface area contributed by atoms with Crippen molar-refractivity contribution in [2.75, 3.05) is 0 Å². The summed E-state index contributed by atoms with van der Waals surface area (Å²) < 4.78 is 4.74. The summed E-state index contributed by atoms with van der Waals surface area (Å²) in [6.07, 6.45) is 0. The van der Waals surface area contributed by atoms with E-state index >= 15 is 0 Å². The molecule has 1 rings (SSSR count). The maximum Gasteiger partial charge on any atom is 0.526 e. The molecule has 0 aliphatic carbocycles. The zero-order chi connectivity index (χ0) is 7.56. The maximum atomic E-state index is 8.51. The predicted octanol–water partition coefficient (Wildman–Crippen LogP) is -1.55. The van der Waals surface area contributed by atoms with E-state index in [1.807, 2.05) is 0 Å². The van der Waals surface area contributed by atoms with Gasteiger partial charge in [-0.3, -0.25) is 0 Å². The van der Waals surface area contributed by atoms with Gasteiger partial charge >= 0.3 is 7.12 Å². The summed E-state index contributed by atoms with van der Waals surface area (Å²) in [5.41, 5.74) is 0.0454. The molecule has 0 atom stereocenters. The third kappa shape index (κ3) is 1.38. The van der Waals surface area contributed by atoms with E-state index in [1.165, 1.54) is 12.1 Å². The standard InChI is InChI=1S/C5H7BO4/c7-3-4-1-2-5(10-4)6(8)9/h1-2,7-9H,3H2. The molecule has 0 saturated carbocycles. The zero-order valence-electron chi connectivity index (χ0n) is 5.19. The Morgan fingerprint density at radius 3 is 2.40 bits per heavy atom. The van der Waals surface area contributed by atoms with Gasteiger partial charge in [-0.15, -0.1) is 0 Å². The monoisotopic (exact) mass is 142 g/mol. The van der Waals surface area contributed by atoms with Crippen molar-refractivity contribution in [3.63, 3.8) is 0 Å². The summed E-state index contributed by atoms with van der Waals surface area (Å²) >= 11 is 0. The fourth-order valence-electron chi connectivity index (χ4n) is 0.618. The Kier molecular flexibility index (Phi) is 2.11. The Bertz CT molecular complexity index is 207. The third-order valence-corrected chi connectivity index (χ3v) is 1.09. The van der Waals surface area contributed by atoms with Crippen LogP contribution in [0.4, 0.5) is 0 Å². The maximum absolute atomic E-state index is 8.51. The zero-order valence-corrected chi connectivity index (χ0v) is 5.19. The minimum absolute atomic E-state index is 0.0454. The van der Waals surface area contributed by atoms with Gasteiger partial charge in [0.25, 0.3) is 0 Å². The molecular weight excluding hydrogens is 135 g/mol. The Hall–Kier alpha value is -0.775. The largest absolute Gasteiger partial charge is 0.526 e. The van der Waals surface area contributed by atoms with Crippen LogP contribution < -0.4 is 5.66 Å². The SMILES string of the molecule is OCc1ccc(B(O)O)o1. The second-order valence-electron chi connectivity index (χ2n) is 1.84. The van der Waals surface area contributed by atoms with Crippen LogP contribution in [-0.2, 0) is 6.61 Å². The molecular formula is C5H7BO4. The van der Waals surface area contributed by atoms with E-state index in [0.717, 1.165) is 0 Å². The van der Waals surface area contributed by atoms with Gasteiger partial charge in [-0.25, -0.2) is 0 Å². The summed E-state index contributed by atoms with van der Waals surface area (Å²) in [6, 6.07) is 2.88. The Labute approximate surface area is 57.9 Å². The molecule has 0 aliphatic rings. The van der Waals surface area contributed by atoms with E-state index in [2.05, 4.69) is 0 Å². The average molecular weight is 142 g/mol. The van der Waals surface area contributed by atoms with E-state index in [4.69, 9.17) is 19.6 Å². The topological polar surface area (TPSA) is 73.8 Å². The highest BCUT2D eigenvalue weighted by atomic mass is 16.4. The Morgan fingerprint density at radius 2 is 2.10 bits per heavy atom. The van der Waals surface area contributed by atoms with E-state index in [9.17, 15) is 0 Å². The normalized spacial score (nSPS) is 9.90. The number of hydrogen-bond donors (Lipinski definition) is 3. The van der Waals surface area contributed by atoms with Crippen LogP contribution in [0.1, 0.15) is 5.76 Å². The molecule has 0 aliphatic heterocycles. The van der Waals surface area contributed by atoms with Gasteiger partial charge in [0, 0.05) is 0 Å². The first kappa shape index (κ1) is 7.33. The smallest absolute Gasteiger partial charge is 0.467 e. The molecule has 10 heavy (non-hydrogen) atoms. The molecule has 1 heterocycles. The van der Waals surface area contributed by atoms with Crippen LogP contribution in [0.5, 0.6) is 0 Å². The van der Waals surface area contributed by atoms with Crippen molar-refractivity contribution in [1.29, 1.82) is 0 Å². The van der Waals surface area contributed by atoms with Crippen molar-refractivity contribution in [3.8, 4) is 0 Å². The number of aliphatic hydroxyl groups is 1. The molecule has 0 bridgehead atoms. The van der Waals surface area contributed by atoms with Crippen LogP contribution in [0.2, 0.25) is 0 Å². The second-order valence-corrected chi connectivity index (χ2v) is 1.84. The van der Waals surface area contributed by atoms with Crippen molar-refractivity contribution < 1.29 is 19.6 Å². The first-order chi connectivity index (χ1) is 4.74. The molecule has 0 radical (unpaired) electrons. The molecule has 1 aromatic heterocycles. The van der Waals surface area contributed by atoms with Gasteiger partial charge in [-0.2, -0.15) is 0 Å². The molecule has 4 nitrogen and oxygen atoms in total. The van der Waals surface area contributed by atoms with E-state index < -0.39 is 7.12 Å². The van der Waals surface area contributed by atoms with Crippen molar-refractivity contribution in [2.45, 2.75) is 6.61 Å². The number of aliphatic hydroxyl groups excluding tert-OH is 1. The van der Waals surface area contributed by atoms with Crippen LogP contribution >= 0.6 is 0 Å². The lowest BCUT2D eigenvalue weighted by molar-refractivity contribution is 0.248. The molecule has 1 aromatic rings. The first-order valence-corrected chi connectivity index (χ1v) is 2.79. The second kappa shape index (κ2) is 2.87. The van der Waals surface area contributed by atoms with Crippen molar-refractivity contribution >= 4 is 12.8 Å². The van der Waals surface area contributed by atoms with Crippen LogP contribution in [0.3, 0.4) is 0 Å². The summed E-state index contributed by atoms with van der Waals surface area (Å²) in [7, 11) is -1.60. The van der Waals surface area contributed by atoms with E-state index in [0.29, 0.717) is 5.76 Å². The van der Waals surface area contributed by atoms with Crippen LogP contribution in [0.15, 0.2) is 16.5 Å². The molecule has 0 saturated heterocycles. The van der Waals surface area contributed by atoms with Gasteiger partial charge in [0.2, 0.25) is 0 Å². The van der Waals surface area contributed by atoms with Crippen molar-refractivity contribution in [2.24, 2.45) is 0 Å². The molecule has 5 heteroatoms. The molecule has 54 valence electrons. The van der Waals surface area contributed by atoms with Gasteiger partial charge < -0.3 is 19.6 Å². The van der Waals surface area contributed by atoms with E-state index in [-0.39, 0.29) is 12.3 Å². The lowest BCUT2D eigenvalue weighted by Crippen LogP contribution is -2.27. The molecule has 0 fully saturated rings. The summed E-state index contributed by atoms with van der Waals surface area (Å²) in [5, 5.41) is 25.5. The summed E-state index contributed by atoms with van der Waals surface area (Å²) in [4.78, 5) is 0. The predicted molar refractivity (Wildman–Crippen MR) is 34.5 cm³/mol. The lowest BCUT2D eigenvalue weighted by atomic mass is 9.88. The molecule has 0 aromatic carbocycles. The summed E-state index contributed by atoms with van der Waals surface area (Å²) in [6.45, 7) is -0.229. The van der Waals surface area contributed by atoms with Gasteiger partial charge in [0.05, 0.1) is 0 Å². The lowest BCUT2D eigenvalue weighted by Gasteiger charge is -1.90. The minimum Gasteiger partial charge on any atom is -0.467 e. The van der Waals surface area contributed by atoms with Gasteiger partial charge in [-0.1, -0.05) is 0 Å². The third-order valence-electron chi connectivity index (χ3n) is 1.09. The highest BCUT2D eigenvalue weighted by molar-refractivity contribution is 6.56. The highest BCUT2D eigenvalue weighted by Gasteiger charge is 2.15. The first-order valence-electron chi connectivity index (χ1n) is 2.79. The van der Waals surface area contributed by atoms with Gasteiger partial charge in [-0.05, 0) is 12.1 Å². The molecule has 0 unspecified atom stereocenters. The Balaban J connectivity index is 2.78. The molecule has 3 N–H and O–H groups in total. The Morgan fingerprint density at radius 1 is 1.40 bits per heavy atom. The van der Waals surface area contributed by atoms with Gasteiger partial charge in [0.15, 0.2) is 0 Å². The van der Waals surface area contributed by atoms with Crippen LogP contribution in [-0.4, -0.2) is 22.3 Å². The van der Waals surface area contributed by atoms with Crippen molar-refractivity contribution in [3.05, 3.63) is 17.9 Å². The number of hydrogen-bond acceptors (Lipinski definition) is 4. The highest BCUT2D eigenvalue weighted by Crippen LogP contribution is 1.96. The summed E-state index contributed by atoms with van der Waals surface area (Å²) in [5.74, 6) is 0.322. The fraction of sp³-hybridized carbons (Fsp3) is 0.200. The van der Waals surface area contributed by atoms with Gasteiger partial charge in [0.1, 0.15) is 18.0 Å². The fourth-order valence-corrected chi connectivity index (χ4v) is 0.618. The molecule has 0 spiro atoms. The van der Waals surface area contributed by atoms with Crippen molar-refractivity contribution in [1.82, 2.24) is 0 Å². The number of rotatable bonds is 2. The quantitative estimate of drug-likeness (QED) is 0.437. The molecule has 0 amide bonds. The minimum atomic E-state index is -1.60. The van der Waals surface area contributed by atoms with Crippen LogP contribution in [0, 0.1) is 0 Å². The number of furan rings is 1. The van der Waals surface area contributed by atoms with Crippen LogP contribution in [0.25, 0.3) is 0 Å². The average Bonchev–Trinajstić information content (AvgIpc) is 2.34. The van der Waals surface area contributed by atoms with E-state index in [1.54, 1.807) is 0 Å².